The highest BCUT2D eigenvalue weighted by molar-refractivity contribution is 5.80. The van der Waals surface area contributed by atoms with Crippen LogP contribution < -0.4 is 11.5 Å². The van der Waals surface area contributed by atoms with E-state index in [2.05, 4.69) is 0 Å². The molecule has 6 atom stereocenters. The van der Waals surface area contributed by atoms with Crippen molar-refractivity contribution in [1.82, 2.24) is 0 Å². The van der Waals surface area contributed by atoms with Crippen LogP contribution in [0.2, 0.25) is 0 Å². The van der Waals surface area contributed by atoms with Crippen molar-refractivity contribution in [2.45, 2.75) is 43.7 Å². The molecule has 1 aliphatic rings. The fraction of sp³-hybridized carbons (Fsp3) is 0.778. The summed E-state index contributed by atoms with van der Waals surface area (Å²) in [5.74, 6) is -1.85. The van der Waals surface area contributed by atoms with Crippen LogP contribution in [0.5, 0.6) is 0 Å². The molecule has 0 bridgehead atoms. The zero-order valence-electron chi connectivity index (χ0n) is 9.59. The zero-order valence-corrected chi connectivity index (χ0v) is 9.59. The van der Waals surface area contributed by atoms with Crippen molar-refractivity contribution in [2.75, 3.05) is 0 Å². The molecule has 0 radical (unpaired) electrons. The first-order valence-corrected chi connectivity index (χ1v) is 5.19. The number of aliphatic hydroxyl groups excluding tert-OH is 3. The second-order valence-electron chi connectivity index (χ2n) is 3.98. The van der Waals surface area contributed by atoms with Crippen LogP contribution >= 0.6 is 0 Å². The highest BCUT2D eigenvalue weighted by Gasteiger charge is 2.47. The van der Waals surface area contributed by atoms with Crippen molar-refractivity contribution >= 4 is 11.8 Å². The molecule has 0 aromatic rings. The van der Waals surface area contributed by atoms with Crippen LogP contribution in [0.4, 0.5) is 0 Å². The molecule has 1 fully saturated rings. The third-order valence-electron chi connectivity index (χ3n) is 2.59. The molecule has 0 aliphatic carbocycles. The third kappa shape index (κ3) is 2.94. The largest absolute Gasteiger partial charge is 0.387 e. The van der Waals surface area contributed by atoms with Gasteiger partial charge < -0.3 is 36.3 Å². The van der Waals surface area contributed by atoms with Gasteiger partial charge in [0.05, 0.1) is 0 Å². The molecule has 0 aromatic heterocycles. The molecule has 9 nitrogen and oxygen atoms in total. The van der Waals surface area contributed by atoms with E-state index in [9.17, 15) is 24.9 Å². The topological polar surface area (TPSA) is 165 Å². The maximum Gasteiger partial charge on any atom is 0.249 e. The van der Waals surface area contributed by atoms with Crippen molar-refractivity contribution in [1.29, 1.82) is 0 Å². The molecule has 1 rings (SSSR count). The number of aliphatic hydroxyl groups is 3. The first-order chi connectivity index (χ1) is 8.25. The van der Waals surface area contributed by atoms with Gasteiger partial charge in [-0.2, -0.15) is 0 Å². The minimum atomic E-state index is -1.69. The fourth-order valence-corrected chi connectivity index (χ4v) is 1.46. The zero-order chi connectivity index (χ0) is 14.0. The van der Waals surface area contributed by atoms with Crippen LogP contribution in [0.25, 0.3) is 0 Å². The van der Waals surface area contributed by atoms with Crippen molar-refractivity contribution < 1.29 is 34.4 Å². The molecule has 1 aliphatic heterocycles. The van der Waals surface area contributed by atoms with Crippen LogP contribution in [0.15, 0.2) is 0 Å². The monoisotopic (exact) mass is 264 g/mol. The molecule has 7 N–H and O–H groups in total. The predicted octanol–water partition coefficient (Wildman–Crippen LogP) is -3.83. The lowest BCUT2D eigenvalue weighted by Crippen LogP contribution is -2.62. The number of rotatable bonds is 4. The van der Waals surface area contributed by atoms with Gasteiger partial charge in [-0.05, 0) is 6.92 Å². The van der Waals surface area contributed by atoms with Crippen molar-refractivity contribution in [2.24, 2.45) is 11.5 Å². The second kappa shape index (κ2) is 5.59. The van der Waals surface area contributed by atoms with Crippen LogP contribution in [-0.4, -0.2) is 63.9 Å². The van der Waals surface area contributed by atoms with E-state index >= 15 is 0 Å². The average Bonchev–Trinajstić information content (AvgIpc) is 2.29. The Balaban J connectivity index is 2.79. The molecule has 0 saturated carbocycles. The van der Waals surface area contributed by atoms with Gasteiger partial charge in [0.25, 0.3) is 0 Å². The number of ether oxygens (including phenoxy) is 2. The summed E-state index contributed by atoms with van der Waals surface area (Å²) in [6.45, 7) is 1.30. The maximum absolute atomic E-state index is 11.0. The number of carbonyl (C=O) groups excluding carboxylic acids is 2. The van der Waals surface area contributed by atoms with E-state index in [0.29, 0.717) is 0 Å². The van der Waals surface area contributed by atoms with Gasteiger partial charge in [-0.25, -0.2) is 0 Å². The number of hydrogen-bond donors (Lipinski definition) is 5. The van der Waals surface area contributed by atoms with Gasteiger partial charge in [0.1, 0.15) is 24.4 Å². The van der Waals surface area contributed by atoms with Crippen LogP contribution in [-0.2, 0) is 19.1 Å². The third-order valence-corrected chi connectivity index (χ3v) is 2.59. The maximum atomic E-state index is 11.0. The summed E-state index contributed by atoms with van der Waals surface area (Å²) in [6.07, 6.45) is -9.17. The number of hydrogen-bond acceptors (Lipinski definition) is 7. The fourth-order valence-electron chi connectivity index (χ4n) is 1.46. The van der Waals surface area contributed by atoms with Gasteiger partial charge in [-0.1, -0.05) is 0 Å². The van der Waals surface area contributed by atoms with Crippen molar-refractivity contribution in [3.63, 3.8) is 0 Å². The minimum Gasteiger partial charge on any atom is -0.387 e. The molecule has 18 heavy (non-hydrogen) atoms. The van der Waals surface area contributed by atoms with Gasteiger partial charge in [0.15, 0.2) is 12.4 Å². The molecule has 1 saturated heterocycles. The highest BCUT2D eigenvalue weighted by atomic mass is 16.7. The molecule has 4 unspecified atom stereocenters. The Labute approximate surface area is 102 Å². The summed E-state index contributed by atoms with van der Waals surface area (Å²) in [7, 11) is 0. The normalized spacial score (nSPS) is 38.1. The Hall–Kier alpha value is -1.26. The quantitative estimate of drug-likeness (QED) is 0.347. The molecule has 2 amide bonds. The molecule has 104 valence electrons. The summed E-state index contributed by atoms with van der Waals surface area (Å²) in [5.41, 5.74) is 9.90. The lowest BCUT2D eigenvalue weighted by molar-refractivity contribution is -0.296. The standard InChI is InChI=1S/C9H16N2O7/c1-2(7(10)15)17-9-5(14)3(12)4(13)6(18-9)8(11)16/h2-6,9,12-14H,1H3,(H2,10,15)(H2,11,16)/t2?,3?,4-,5?,6?,9+/m1/s1. The molecule has 9 heteroatoms. The Morgan fingerprint density at radius 1 is 1.17 bits per heavy atom. The number of amides is 2. The molecule has 0 aromatic carbocycles. The summed E-state index contributed by atoms with van der Waals surface area (Å²) >= 11 is 0. The van der Waals surface area contributed by atoms with E-state index in [4.69, 9.17) is 20.9 Å². The summed E-state index contributed by atoms with van der Waals surface area (Å²) in [5, 5.41) is 28.5. The molecule has 0 spiro atoms. The SMILES string of the molecule is CC(O[C@H]1OC(C(N)=O)[C@H](O)C(O)C1O)C(N)=O. The Bertz CT molecular complexity index is 337. The van der Waals surface area contributed by atoms with E-state index in [1.165, 1.54) is 6.92 Å². The summed E-state index contributed by atoms with van der Waals surface area (Å²) in [6, 6.07) is 0. The van der Waals surface area contributed by atoms with Crippen molar-refractivity contribution in [3.05, 3.63) is 0 Å². The Kier molecular flexibility index (Phi) is 4.59. The molecule has 1 heterocycles. The first-order valence-electron chi connectivity index (χ1n) is 5.19. The number of nitrogens with two attached hydrogens (primary N) is 2. The minimum absolute atomic E-state index is 0.818. The lowest BCUT2D eigenvalue weighted by Gasteiger charge is -2.39. The van der Waals surface area contributed by atoms with E-state index < -0.39 is 48.6 Å². The van der Waals surface area contributed by atoms with Crippen LogP contribution in [0, 0.1) is 0 Å². The van der Waals surface area contributed by atoms with E-state index in [1.54, 1.807) is 0 Å². The Morgan fingerprint density at radius 3 is 2.17 bits per heavy atom. The first kappa shape index (κ1) is 14.8. The highest BCUT2D eigenvalue weighted by Crippen LogP contribution is 2.22. The average molecular weight is 264 g/mol. The second-order valence-corrected chi connectivity index (χ2v) is 3.98. The van der Waals surface area contributed by atoms with Gasteiger partial charge in [0, 0.05) is 0 Å². The lowest BCUT2D eigenvalue weighted by atomic mass is 9.98. The smallest absolute Gasteiger partial charge is 0.249 e. The van der Waals surface area contributed by atoms with Crippen LogP contribution in [0.1, 0.15) is 6.92 Å². The van der Waals surface area contributed by atoms with Gasteiger partial charge in [-0.3, -0.25) is 9.59 Å². The van der Waals surface area contributed by atoms with Crippen molar-refractivity contribution in [3.8, 4) is 0 Å². The predicted molar refractivity (Wildman–Crippen MR) is 55.6 cm³/mol. The van der Waals surface area contributed by atoms with Gasteiger partial charge in [-0.15, -0.1) is 0 Å². The van der Waals surface area contributed by atoms with Gasteiger partial charge >= 0.3 is 0 Å². The van der Waals surface area contributed by atoms with E-state index in [1.807, 2.05) is 0 Å². The molecular formula is C9H16N2O7. The van der Waals surface area contributed by atoms with Gasteiger partial charge in [0.2, 0.25) is 11.8 Å². The summed E-state index contributed by atoms with van der Waals surface area (Å²) in [4.78, 5) is 21.8. The van der Waals surface area contributed by atoms with Crippen LogP contribution in [0.3, 0.4) is 0 Å². The number of carbonyl (C=O) groups is 2. The van der Waals surface area contributed by atoms with E-state index in [-0.39, 0.29) is 0 Å². The number of primary amides is 2. The molecular weight excluding hydrogens is 248 g/mol. The van der Waals surface area contributed by atoms with E-state index in [0.717, 1.165) is 0 Å². The Morgan fingerprint density at radius 2 is 1.72 bits per heavy atom. The summed E-state index contributed by atoms with van der Waals surface area (Å²) < 4.78 is 9.84.